The van der Waals surface area contributed by atoms with Crippen molar-refractivity contribution in [3.8, 4) is 5.75 Å². The van der Waals surface area contributed by atoms with Crippen LogP contribution in [-0.2, 0) is 4.79 Å². The molecule has 1 fully saturated rings. The number of aldehydes is 1. The number of ether oxygens (including phenoxy) is 1. The van der Waals surface area contributed by atoms with Gasteiger partial charge in [-0.3, -0.25) is 4.79 Å². The highest BCUT2D eigenvalue weighted by Crippen LogP contribution is 2.39. The van der Waals surface area contributed by atoms with Crippen LogP contribution in [0, 0.1) is 0 Å². The normalized spacial score (nSPS) is 16.4. The second kappa shape index (κ2) is 6.71. The molecule has 10 heteroatoms. The van der Waals surface area contributed by atoms with Crippen molar-refractivity contribution in [1.29, 1.82) is 0 Å². The number of nitrogens with zero attached hydrogens (tertiary/aromatic N) is 1. The number of hydrogen-bond donors (Lipinski definition) is 1. The topological polar surface area (TPSA) is 72.6 Å². The molecule has 0 saturated carbocycles. The summed E-state index contributed by atoms with van der Waals surface area (Å²) in [6.45, 7) is 0.597. The molecule has 2 heterocycles. The Morgan fingerprint density at radius 1 is 1.42 bits per heavy atom. The standard InChI is InChI=1S/C16H14ClF3N2O3S/c17-12-10-3-2-9(25-16(18,19)20)6-11(10)26-13(12)14(24)22-7-15(21,8-22)4-1-5-23/h2-3,5-6H,1,4,7-8,21H2. The van der Waals surface area contributed by atoms with Gasteiger partial charge in [0.2, 0.25) is 0 Å². The summed E-state index contributed by atoms with van der Waals surface area (Å²) >= 11 is 7.24. The lowest BCUT2D eigenvalue weighted by Gasteiger charge is -2.47. The number of amides is 1. The summed E-state index contributed by atoms with van der Waals surface area (Å²) in [4.78, 5) is 24.8. The third-order valence-electron chi connectivity index (χ3n) is 4.09. The molecule has 1 saturated heterocycles. The number of hydrogen-bond acceptors (Lipinski definition) is 5. The van der Waals surface area contributed by atoms with Gasteiger partial charge >= 0.3 is 6.36 Å². The summed E-state index contributed by atoms with van der Waals surface area (Å²) < 4.78 is 41.3. The van der Waals surface area contributed by atoms with E-state index in [0.717, 1.165) is 23.7 Å². The third kappa shape index (κ3) is 3.79. The summed E-state index contributed by atoms with van der Waals surface area (Å²) in [6, 6.07) is 3.74. The molecule has 1 aromatic carbocycles. The van der Waals surface area contributed by atoms with Crippen molar-refractivity contribution < 1.29 is 27.5 Å². The van der Waals surface area contributed by atoms with Crippen molar-refractivity contribution in [2.75, 3.05) is 13.1 Å². The molecule has 0 radical (unpaired) electrons. The van der Waals surface area contributed by atoms with Gasteiger partial charge in [-0.25, -0.2) is 0 Å². The Morgan fingerprint density at radius 2 is 2.12 bits per heavy atom. The molecule has 140 valence electrons. The Kier molecular flexibility index (Phi) is 4.89. The summed E-state index contributed by atoms with van der Waals surface area (Å²) in [5.41, 5.74) is 5.49. The van der Waals surface area contributed by atoms with Crippen molar-refractivity contribution in [3.05, 3.63) is 28.1 Å². The molecule has 0 atom stereocenters. The van der Waals surface area contributed by atoms with Crippen LogP contribution in [-0.4, -0.2) is 42.1 Å². The molecule has 26 heavy (non-hydrogen) atoms. The first-order valence-corrected chi connectivity index (χ1v) is 8.81. The van der Waals surface area contributed by atoms with Gasteiger partial charge in [-0.2, -0.15) is 0 Å². The lowest BCUT2D eigenvalue weighted by Crippen LogP contribution is -2.68. The molecule has 1 aromatic heterocycles. The predicted octanol–water partition coefficient (Wildman–Crippen LogP) is 3.59. The molecule has 3 rings (SSSR count). The van der Waals surface area contributed by atoms with Crippen LogP contribution in [0.2, 0.25) is 5.02 Å². The van der Waals surface area contributed by atoms with E-state index in [1.807, 2.05) is 0 Å². The van der Waals surface area contributed by atoms with Crippen LogP contribution in [0.15, 0.2) is 18.2 Å². The van der Waals surface area contributed by atoms with Gasteiger partial charge < -0.3 is 20.2 Å². The zero-order valence-corrected chi connectivity index (χ0v) is 14.9. The zero-order valence-electron chi connectivity index (χ0n) is 13.3. The summed E-state index contributed by atoms with van der Waals surface area (Å²) in [6.07, 6.45) is -3.21. The molecule has 5 nitrogen and oxygen atoms in total. The number of alkyl halides is 3. The first kappa shape index (κ1) is 18.9. The van der Waals surface area contributed by atoms with Crippen LogP contribution in [0.4, 0.5) is 13.2 Å². The third-order valence-corrected chi connectivity index (χ3v) is 5.73. The van der Waals surface area contributed by atoms with Crippen molar-refractivity contribution in [1.82, 2.24) is 4.90 Å². The molecular weight excluding hydrogens is 393 g/mol. The molecular formula is C16H14ClF3N2O3S. The maximum absolute atomic E-state index is 12.6. The first-order chi connectivity index (χ1) is 12.1. The van der Waals surface area contributed by atoms with Crippen LogP contribution >= 0.6 is 22.9 Å². The van der Waals surface area contributed by atoms with E-state index in [-0.39, 0.29) is 21.6 Å². The van der Waals surface area contributed by atoms with Gasteiger partial charge in [-0.1, -0.05) is 11.6 Å². The van der Waals surface area contributed by atoms with Crippen LogP contribution < -0.4 is 10.5 Å². The number of nitrogens with two attached hydrogens (primary N) is 1. The molecule has 1 aliphatic rings. The largest absolute Gasteiger partial charge is 0.573 e. The average Bonchev–Trinajstić information content (AvgIpc) is 2.84. The van der Waals surface area contributed by atoms with Gasteiger partial charge in [0.25, 0.3) is 5.91 Å². The van der Waals surface area contributed by atoms with E-state index in [0.29, 0.717) is 36.0 Å². The van der Waals surface area contributed by atoms with Crippen LogP contribution in [0.3, 0.4) is 0 Å². The van der Waals surface area contributed by atoms with Crippen LogP contribution in [0.5, 0.6) is 5.75 Å². The first-order valence-electron chi connectivity index (χ1n) is 7.61. The van der Waals surface area contributed by atoms with Crippen molar-refractivity contribution in [2.45, 2.75) is 24.7 Å². The molecule has 0 spiro atoms. The number of carbonyl (C=O) groups is 2. The Hall–Kier alpha value is -1.84. The quantitative estimate of drug-likeness (QED) is 0.770. The van der Waals surface area contributed by atoms with E-state index < -0.39 is 11.9 Å². The number of fused-ring (bicyclic) bond motifs is 1. The van der Waals surface area contributed by atoms with E-state index in [4.69, 9.17) is 17.3 Å². The fraction of sp³-hybridized carbons (Fsp3) is 0.375. The highest BCUT2D eigenvalue weighted by molar-refractivity contribution is 7.21. The highest BCUT2D eigenvalue weighted by Gasteiger charge is 2.42. The zero-order chi connectivity index (χ0) is 19.1. The number of benzene rings is 1. The number of likely N-dealkylation sites (tertiary alicyclic amines) is 1. The predicted molar refractivity (Wildman–Crippen MR) is 91.6 cm³/mol. The summed E-state index contributed by atoms with van der Waals surface area (Å²) in [5.74, 6) is -0.706. The Balaban J connectivity index is 1.79. The minimum atomic E-state index is -4.79. The molecule has 0 unspecified atom stereocenters. The summed E-state index contributed by atoms with van der Waals surface area (Å²) in [5, 5.41) is 0.672. The van der Waals surface area contributed by atoms with Crippen LogP contribution in [0.1, 0.15) is 22.5 Å². The van der Waals surface area contributed by atoms with Gasteiger partial charge in [0, 0.05) is 29.6 Å². The molecule has 0 bridgehead atoms. The Labute approximate surface area is 155 Å². The molecule has 1 aliphatic heterocycles. The molecule has 2 aromatic rings. The Bertz CT molecular complexity index is 862. The Morgan fingerprint density at radius 3 is 2.73 bits per heavy atom. The lowest BCUT2D eigenvalue weighted by molar-refractivity contribution is -0.274. The van der Waals surface area contributed by atoms with Crippen molar-refractivity contribution >= 4 is 45.2 Å². The molecule has 0 aliphatic carbocycles. The number of halogens is 4. The fourth-order valence-electron chi connectivity index (χ4n) is 2.89. The smallest absolute Gasteiger partial charge is 0.406 e. The number of thiophene rings is 1. The van der Waals surface area contributed by atoms with Gasteiger partial charge in [0.1, 0.15) is 16.9 Å². The highest BCUT2D eigenvalue weighted by atomic mass is 35.5. The van der Waals surface area contributed by atoms with Gasteiger partial charge in [0.05, 0.1) is 10.6 Å². The maximum atomic E-state index is 12.6. The maximum Gasteiger partial charge on any atom is 0.573 e. The van der Waals surface area contributed by atoms with Crippen LogP contribution in [0.25, 0.3) is 10.1 Å². The number of rotatable bonds is 5. The summed E-state index contributed by atoms with van der Waals surface area (Å²) in [7, 11) is 0. The van der Waals surface area contributed by atoms with E-state index in [2.05, 4.69) is 4.74 Å². The van der Waals surface area contributed by atoms with E-state index in [9.17, 15) is 22.8 Å². The monoisotopic (exact) mass is 406 g/mol. The molecule has 1 amide bonds. The van der Waals surface area contributed by atoms with E-state index in [1.54, 1.807) is 0 Å². The fourth-order valence-corrected chi connectivity index (χ4v) is 4.39. The second-order valence-electron chi connectivity index (χ2n) is 6.18. The minimum absolute atomic E-state index is 0.191. The minimum Gasteiger partial charge on any atom is -0.406 e. The van der Waals surface area contributed by atoms with E-state index >= 15 is 0 Å². The lowest BCUT2D eigenvalue weighted by atomic mass is 9.86. The molecule has 2 N–H and O–H groups in total. The average molecular weight is 407 g/mol. The SMILES string of the molecule is NC1(CCC=O)CN(C(=O)c2sc3cc(OC(F)(F)F)ccc3c2Cl)C1. The second-order valence-corrected chi connectivity index (χ2v) is 7.61. The van der Waals surface area contributed by atoms with Gasteiger partial charge in [-0.15, -0.1) is 24.5 Å². The van der Waals surface area contributed by atoms with Crippen molar-refractivity contribution in [2.24, 2.45) is 5.73 Å². The number of carbonyl (C=O) groups excluding carboxylic acids is 2. The van der Waals surface area contributed by atoms with Gasteiger partial charge in [0.15, 0.2) is 0 Å². The van der Waals surface area contributed by atoms with E-state index in [1.165, 1.54) is 17.0 Å². The van der Waals surface area contributed by atoms with Gasteiger partial charge in [-0.05, 0) is 24.6 Å². The van der Waals surface area contributed by atoms with Crippen molar-refractivity contribution in [3.63, 3.8) is 0 Å².